The lowest BCUT2D eigenvalue weighted by Crippen LogP contribution is -1.85. The zero-order chi connectivity index (χ0) is 17.7. The lowest BCUT2D eigenvalue weighted by atomic mass is 10.1. The van der Waals surface area contributed by atoms with Crippen LogP contribution in [0, 0.1) is 11.6 Å². The molecule has 0 bridgehead atoms. The van der Waals surface area contributed by atoms with Gasteiger partial charge in [0.15, 0.2) is 28.9 Å². The van der Waals surface area contributed by atoms with E-state index in [0.29, 0.717) is 9.71 Å². The van der Waals surface area contributed by atoms with Crippen molar-refractivity contribution < 1.29 is 24.1 Å². The van der Waals surface area contributed by atoms with E-state index in [-0.39, 0.29) is 22.5 Å². The van der Waals surface area contributed by atoms with Gasteiger partial charge >= 0.3 is 0 Å². The van der Waals surface area contributed by atoms with E-state index in [0.717, 1.165) is 23.5 Å². The van der Waals surface area contributed by atoms with Crippen molar-refractivity contribution in [2.45, 2.75) is 0 Å². The van der Waals surface area contributed by atoms with Gasteiger partial charge in [0.05, 0.1) is 10.2 Å². The van der Waals surface area contributed by atoms with Gasteiger partial charge in [-0.05, 0) is 18.2 Å². The van der Waals surface area contributed by atoms with Crippen molar-refractivity contribution in [2.75, 3.05) is 0 Å². The summed E-state index contributed by atoms with van der Waals surface area (Å²) in [6, 6.07) is 4.43. The standard InChI is InChI=1S/C15H8F2N4O3S/c16-6-3-8-11(4-7(6)17)25-15(18-8)13-12(19-21-20-13)5-1-9(22)14(24)10(23)2-5/h1-4,22-24H,(H,19,20,21). The molecule has 0 atom stereocenters. The van der Waals surface area contributed by atoms with Gasteiger partial charge in [0.25, 0.3) is 0 Å². The van der Waals surface area contributed by atoms with Crippen molar-refractivity contribution in [3.63, 3.8) is 0 Å². The molecule has 2 heterocycles. The fraction of sp³-hybridized carbons (Fsp3) is 0. The highest BCUT2D eigenvalue weighted by Crippen LogP contribution is 2.41. The number of rotatable bonds is 2. The Morgan fingerprint density at radius 2 is 1.52 bits per heavy atom. The van der Waals surface area contributed by atoms with Crippen molar-refractivity contribution in [2.24, 2.45) is 0 Å². The van der Waals surface area contributed by atoms with Crippen molar-refractivity contribution in [1.29, 1.82) is 0 Å². The van der Waals surface area contributed by atoms with Crippen molar-refractivity contribution in [1.82, 2.24) is 20.4 Å². The minimum absolute atomic E-state index is 0.241. The number of H-pyrrole nitrogens is 1. The maximum absolute atomic E-state index is 13.4. The van der Waals surface area contributed by atoms with Gasteiger partial charge in [-0.25, -0.2) is 13.8 Å². The molecule has 0 amide bonds. The molecule has 25 heavy (non-hydrogen) atoms. The van der Waals surface area contributed by atoms with E-state index in [1.165, 1.54) is 12.1 Å². The summed E-state index contributed by atoms with van der Waals surface area (Å²) >= 11 is 1.08. The third kappa shape index (κ3) is 2.43. The summed E-state index contributed by atoms with van der Waals surface area (Å²) in [6.45, 7) is 0. The van der Waals surface area contributed by atoms with E-state index in [4.69, 9.17) is 0 Å². The van der Waals surface area contributed by atoms with E-state index >= 15 is 0 Å². The minimum Gasteiger partial charge on any atom is -0.504 e. The van der Waals surface area contributed by atoms with Gasteiger partial charge in [-0.1, -0.05) is 0 Å². The van der Waals surface area contributed by atoms with Crippen LogP contribution in [0.15, 0.2) is 24.3 Å². The number of phenols is 3. The molecule has 0 saturated carbocycles. The highest BCUT2D eigenvalue weighted by Gasteiger charge is 2.20. The maximum Gasteiger partial charge on any atom is 0.200 e. The van der Waals surface area contributed by atoms with Gasteiger partial charge < -0.3 is 15.3 Å². The Morgan fingerprint density at radius 1 is 0.880 bits per heavy atom. The number of nitrogens with one attached hydrogen (secondary N) is 1. The lowest BCUT2D eigenvalue weighted by Gasteiger charge is -2.04. The Labute approximate surface area is 141 Å². The van der Waals surface area contributed by atoms with Crippen molar-refractivity contribution >= 4 is 21.6 Å². The van der Waals surface area contributed by atoms with Gasteiger partial charge in [0, 0.05) is 11.6 Å². The maximum atomic E-state index is 13.4. The van der Waals surface area contributed by atoms with E-state index in [9.17, 15) is 24.1 Å². The predicted octanol–water partition coefficient (Wildman–Crippen LogP) is 3.14. The first-order chi connectivity index (χ1) is 11.9. The monoisotopic (exact) mass is 362 g/mol. The number of nitrogens with zero attached hydrogens (tertiary/aromatic N) is 3. The molecule has 0 aliphatic rings. The summed E-state index contributed by atoms with van der Waals surface area (Å²) in [7, 11) is 0. The van der Waals surface area contributed by atoms with Crippen molar-refractivity contribution in [3.8, 4) is 39.2 Å². The fourth-order valence-corrected chi connectivity index (χ4v) is 3.31. The molecule has 2 aromatic heterocycles. The summed E-state index contributed by atoms with van der Waals surface area (Å²) < 4.78 is 27.1. The molecule has 7 nitrogen and oxygen atoms in total. The average Bonchev–Trinajstić information content (AvgIpc) is 3.19. The molecular formula is C15H8F2N4O3S. The molecular weight excluding hydrogens is 354 g/mol. The molecule has 0 aliphatic heterocycles. The molecule has 0 fully saturated rings. The molecule has 0 saturated heterocycles. The number of halogens is 2. The molecule has 0 unspecified atom stereocenters. The Morgan fingerprint density at radius 3 is 2.24 bits per heavy atom. The van der Waals surface area contributed by atoms with Crippen LogP contribution in [-0.4, -0.2) is 35.7 Å². The molecule has 0 radical (unpaired) electrons. The van der Waals surface area contributed by atoms with Crippen molar-refractivity contribution in [3.05, 3.63) is 35.9 Å². The third-order valence-electron chi connectivity index (χ3n) is 3.52. The number of benzene rings is 2. The Kier molecular flexibility index (Phi) is 3.29. The number of hydrogen-bond acceptors (Lipinski definition) is 7. The Balaban J connectivity index is 1.88. The molecule has 2 aromatic carbocycles. The van der Waals surface area contributed by atoms with Crippen LogP contribution in [0.2, 0.25) is 0 Å². The smallest absolute Gasteiger partial charge is 0.200 e. The van der Waals surface area contributed by atoms with Crippen LogP contribution in [0.3, 0.4) is 0 Å². The Bertz CT molecular complexity index is 1060. The zero-order valence-corrected chi connectivity index (χ0v) is 13.0. The largest absolute Gasteiger partial charge is 0.504 e. The fourth-order valence-electron chi connectivity index (χ4n) is 2.35. The Hall–Kier alpha value is -3.27. The summed E-state index contributed by atoms with van der Waals surface area (Å²) in [5.41, 5.74) is 1.05. The first-order valence-corrected chi connectivity index (χ1v) is 7.67. The molecule has 4 N–H and O–H groups in total. The molecule has 4 aromatic rings. The highest BCUT2D eigenvalue weighted by atomic mass is 32.1. The average molecular weight is 362 g/mol. The second kappa shape index (κ2) is 5.38. The quantitative estimate of drug-likeness (QED) is 0.407. The number of phenolic OH excluding ortho intramolecular Hbond substituents is 3. The molecule has 126 valence electrons. The summed E-state index contributed by atoms with van der Waals surface area (Å²) in [5, 5.41) is 39.4. The number of aromatic hydroxyl groups is 3. The number of thiazole rings is 1. The molecule has 10 heteroatoms. The molecule has 0 aliphatic carbocycles. The SMILES string of the molecule is Oc1cc(-c2n[nH]nc2-c2nc3cc(F)c(F)cc3s2)cc(O)c1O. The van der Waals surface area contributed by atoms with E-state index < -0.39 is 28.9 Å². The normalized spacial score (nSPS) is 11.3. The first-order valence-electron chi connectivity index (χ1n) is 6.86. The third-order valence-corrected chi connectivity index (χ3v) is 4.55. The van der Waals surface area contributed by atoms with Gasteiger partial charge in [-0.15, -0.1) is 11.3 Å². The highest BCUT2D eigenvalue weighted by molar-refractivity contribution is 7.21. The van der Waals surface area contributed by atoms with Crippen LogP contribution < -0.4 is 0 Å². The molecule has 4 rings (SSSR count). The van der Waals surface area contributed by atoms with Crippen LogP contribution in [-0.2, 0) is 0 Å². The second-order valence-electron chi connectivity index (χ2n) is 5.14. The summed E-state index contributed by atoms with van der Waals surface area (Å²) in [5.74, 6) is -3.69. The number of hydrogen-bond donors (Lipinski definition) is 4. The van der Waals surface area contributed by atoms with Crippen LogP contribution in [0.4, 0.5) is 8.78 Å². The summed E-state index contributed by atoms with van der Waals surface area (Å²) in [6.07, 6.45) is 0. The van der Waals surface area contributed by atoms with Crippen LogP contribution in [0.25, 0.3) is 32.2 Å². The van der Waals surface area contributed by atoms with Gasteiger partial charge in [-0.2, -0.15) is 15.4 Å². The number of aromatic amines is 1. The van der Waals surface area contributed by atoms with Crippen LogP contribution >= 0.6 is 11.3 Å². The van der Waals surface area contributed by atoms with Gasteiger partial charge in [-0.3, -0.25) is 0 Å². The first kappa shape index (κ1) is 15.3. The van der Waals surface area contributed by atoms with Gasteiger partial charge in [0.2, 0.25) is 0 Å². The number of fused-ring (bicyclic) bond motifs is 1. The summed E-state index contributed by atoms with van der Waals surface area (Å²) in [4.78, 5) is 4.22. The van der Waals surface area contributed by atoms with Crippen LogP contribution in [0.5, 0.6) is 17.2 Å². The minimum atomic E-state index is -1.00. The topological polar surface area (TPSA) is 115 Å². The second-order valence-corrected chi connectivity index (χ2v) is 6.17. The van der Waals surface area contributed by atoms with Gasteiger partial charge in [0.1, 0.15) is 16.4 Å². The zero-order valence-electron chi connectivity index (χ0n) is 12.2. The molecule has 0 spiro atoms. The van der Waals surface area contributed by atoms with E-state index in [1.54, 1.807) is 0 Å². The van der Waals surface area contributed by atoms with E-state index in [1.807, 2.05) is 0 Å². The van der Waals surface area contributed by atoms with E-state index in [2.05, 4.69) is 20.4 Å². The number of aromatic nitrogens is 4. The van der Waals surface area contributed by atoms with Crippen LogP contribution in [0.1, 0.15) is 0 Å². The predicted molar refractivity (Wildman–Crippen MR) is 85.3 cm³/mol. The lowest BCUT2D eigenvalue weighted by molar-refractivity contribution is 0.368.